The summed E-state index contributed by atoms with van der Waals surface area (Å²) in [6.07, 6.45) is 4.21. The molecule has 0 radical (unpaired) electrons. The molecule has 1 aliphatic heterocycles. The third kappa shape index (κ3) is 2.96. The Morgan fingerprint density at radius 3 is 3.03 bits per heavy atom. The highest BCUT2D eigenvalue weighted by Gasteiger charge is 2.31. The van der Waals surface area contributed by atoms with Crippen molar-refractivity contribution in [1.82, 2.24) is 34.9 Å². The Kier molecular flexibility index (Phi) is 4.25. The number of rotatable bonds is 1. The zero-order valence-electron chi connectivity index (χ0n) is 17.7. The van der Waals surface area contributed by atoms with Crippen LogP contribution in [0, 0.1) is 0 Å². The van der Waals surface area contributed by atoms with Gasteiger partial charge >= 0.3 is 0 Å². The molecule has 32 heavy (non-hydrogen) atoms. The molecule has 1 fully saturated rings. The molecule has 3 aromatic heterocycles. The average molecular weight is 434 g/mol. The normalized spacial score (nSPS) is 20.8. The number of imidazole rings is 1. The van der Waals surface area contributed by atoms with Crippen LogP contribution in [0.2, 0.25) is 0 Å². The zero-order valence-corrected chi connectivity index (χ0v) is 17.7. The molecular weight excluding hydrogens is 412 g/mol. The molecule has 2 aliphatic rings. The molecule has 1 aromatic carbocycles. The predicted molar refractivity (Wildman–Crippen MR) is 115 cm³/mol. The first-order valence-corrected chi connectivity index (χ1v) is 10.6. The largest absolute Gasteiger partial charge is 0.435 e. The summed E-state index contributed by atoms with van der Waals surface area (Å²) in [4.78, 5) is 17.5. The van der Waals surface area contributed by atoms with E-state index in [0.29, 0.717) is 40.8 Å². The number of ether oxygens (including phenoxy) is 2. The van der Waals surface area contributed by atoms with Gasteiger partial charge in [0, 0.05) is 20.2 Å². The number of aromatic nitrogens is 6. The number of nitrogens with one attached hydrogen (secondary N) is 2. The van der Waals surface area contributed by atoms with Crippen LogP contribution in [0.15, 0.2) is 24.4 Å². The minimum atomic E-state index is -0.239. The monoisotopic (exact) mass is 434 g/mol. The molecule has 11 nitrogen and oxygen atoms in total. The summed E-state index contributed by atoms with van der Waals surface area (Å²) < 4.78 is 15.6. The lowest BCUT2D eigenvalue weighted by molar-refractivity contribution is 0.0270. The van der Waals surface area contributed by atoms with Gasteiger partial charge in [-0.1, -0.05) is 5.21 Å². The lowest BCUT2D eigenvalue weighted by Crippen LogP contribution is -2.41. The molecule has 1 aliphatic carbocycles. The van der Waals surface area contributed by atoms with Crippen molar-refractivity contribution >= 4 is 28.3 Å². The third-order valence-electron chi connectivity index (χ3n) is 6.14. The molecule has 164 valence electrons. The second-order valence-electron chi connectivity index (χ2n) is 8.16. The number of nitrogens with zero attached hydrogens (tertiary/aromatic N) is 6. The number of aryl methyl sites for hydroxylation is 1. The van der Waals surface area contributed by atoms with Crippen molar-refractivity contribution in [3.05, 3.63) is 35.7 Å². The summed E-state index contributed by atoms with van der Waals surface area (Å²) in [6, 6.07) is 5.58. The number of hydrogen-bond donors (Lipinski definition) is 2. The quantitative estimate of drug-likeness (QED) is 0.467. The lowest BCUT2D eigenvalue weighted by atomic mass is 10.1. The number of carbonyl (C=O) groups is 1. The van der Waals surface area contributed by atoms with Crippen molar-refractivity contribution in [3.8, 4) is 11.6 Å². The Morgan fingerprint density at radius 2 is 2.16 bits per heavy atom. The number of anilines is 1. The van der Waals surface area contributed by atoms with Crippen LogP contribution in [-0.4, -0.2) is 54.7 Å². The molecule has 2 N–H and O–H groups in total. The van der Waals surface area contributed by atoms with Crippen molar-refractivity contribution < 1.29 is 14.3 Å². The number of hydrogen-bond acceptors (Lipinski definition) is 8. The van der Waals surface area contributed by atoms with Crippen molar-refractivity contribution in [2.45, 2.75) is 38.0 Å². The van der Waals surface area contributed by atoms with Crippen LogP contribution in [0.4, 0.5) is 5.69 Å². The van der Waals surface area contributed by atoms with Gasteiger partial charge in [-0.3, -0.25) is 4.79 Å². The van der Waals surface area contributed by atoms with Gasteiger partial charge in [0.05, 0.1) is 36.2 Å². The molecule has 0 unspecified atom stereocenters. The van der Waals surface area contributed by atoms with E-state index in [2.05, 4.69) is 31.0 Å². The van der Waals surface area contributed by atoms with Crippen LogP contribution < -0.4 is 15.4 Å². The Morgan fingerprint density at radius 1 is 1.25 bits per heavy atom. The minimum absolute atomic E-state index is 0.0674. The van der Waals surface area contributed by atoms with E-state index in [0.717, 1.165) is 30.3 Å². The maximum absolute atomic E-state index is 13.1. The van der Waals surface area contributed by atoms with Crippen LogP contribution >= 0.6 is 0 Å². The summed E-state index contributed by atoms with van der Waals surface area (Å²) in [5, 5.41) is 19.2. The Bertz CT molecular complexity index is 1360. The van der Waals surface area contributed by atoms with Crippen LogP contribution in [0.3, 0.4) is 0 Å². The zero-order chi connectivity index (χ0) is 21.8. The fourth-order valence-corrected chi connectivity index (χ4v) is 4.50. The van der Waals surface area contributed by atoms with Crippen molar-refractivity contribution in [2.24, 2.45) is 7.05 Å². The summed E-state index contributed by atoms with van der Waals surface area (Å²) in [5.41, 5.74) is 3.96. The maximum atomic E-state index is 13.1. The number of amides is 1. The molecule has 4 bridgehead atoms. The molecule has 4 heterocycles. The van der Waals surface area contributed by atoms with E-state index >= 15 is 0 Å². The molecule has 1 amide bonds. The fraction of sp³-hybridized carbons (Fsp3) is 0.381. The Hall–Kier alpha value is -3.73. The topological polar surface area (TPSA) is 120 Å². The van der Waals surface area contributed by atoms with E-state index in [4.69, 9.17) is 9.47 Å². The molecule has 6 rings (SSSR count). The first kappa shape index (κ1) is 19.0. The second kappa shape index (κ2) is 7.16. The molecule has 11 heteroatoms. The minimum Gasteiger partial charge on any atom is -0.435 e. The van der Waals surface area contributed by atoms with Gasteiger partial charge in [0.25, 0.3) is 5.91 Å². The number of fused-ring (bicyclic) bond motifs is 6. The number of benzene rings is 1. The van der Waals surface area contributed by atoms with Crippen LogP contribution in [0.1, 0.15) is 35.3 Å². The van der Waals surface area contributed by atoms with E-state index in [1.54, 1.807) is 17.8 Å². The Labute approximate surface area is 182 Å². The van der Waals surface area contributed by atoms with Gasteiger partial charge in [-0.2, -0.15) is 0 Å². The van der Waals surface area contributed by atoms with Gasteiger partial charge in [-0.15, -0.1) is 10.2 Å². The number of carbonyl (C=O) groups excluding carboxylic acids is 1. The fourth-order valence-electron chi connectivity index (χ4n) is 4.50. The van der Waals surface area contributed by atoms with E-state index in [1.807, 2.05) is 19.2 Å². The second-order valence-corrected chi connectivity index (χ2v) is 8.16. The molecule has 1 saturated carbocycles. The van der Waals surface area contributed by atoms with Crippen LogP contribution in [0.5, 0.6) is 11.6 Å². The van der Waals surface area contributed by atoms with Crippen LogP contribution in [-0.2, 0) is 18.4 Å². The van der Waals surface area contributed by atoms with E-state index in [9.17, 15) is 4.79 Å². The van der Waals surface area contributed by atoms with Gasteiger partial charge in [0.15, 0.2) is 22.6 Å². The molecule has 2 atom stereocenters. The standard InChI is InChI=1S/C21H22N8O3/c1-22-13-8-18-26-29-15(9-23-20(13)29)21(30)24-12-4-3-5-16(12)31-10-11-6-14-19(17(7-11)32-18)25-27-28(14)2/h6-9,12,16,22H,3-5,10H2,1-2H3,(H,24,30)/t12-,16-/m1/s1. The predicted octanol–water partition coefficient (Wildman–Crippen LogP) is 2.03. The maximum Gasteiger partial charge on any atom is 0.271 e. The average Bonchev–Trinajstić information content (AvgIpc) is 3.50. The highest BCUT2D eigenvalue weighted by Crippen LogP contribution is 2.32. The highest BCUT2D eigenvalue weighted by molar-refractivity contribution is 5.94. The molecule has 0 spiro atoms. The summed E-state index contributed by atoms with van der Waals surface area (Å²) in [7, 11) is 3.62. The Balaban J connectivity index is 1.56. The molecule has 4 aromatic rings. The van der Waals surface area contributed by atoms with Gasteiger partial charge < -0.3 is 20.1 Å². The summed E-state index contributed by atoms with van der Waals surface area (Å²) >= 11 is 0. The van der Waals surface area contributed by atoms with Gasteiger partial charge in [-0.25, -0.2) is 14.2 Å². The van der Waals surface area contributed by atoms with Gasteiger partial charge in [-0.05, 0) is 37.0 Å². The molecule has 0 saturated heterocycles. The van der Waals surface area contributed by atoms with E-state index < -0.39 is 0 Å². The third-order valence-corrected chi connectivity index (χ3v) is 6.14. The van der Waals surface area contributed by atoms with Gasteiger partial charge in [0.2, 0.25) is 5.88 Å². The van der Waals surface area contributed by atoms with E-state index in [1.165, 1.54) is 10.7 Å². The highest BCUT2D eigenvalue weighted by atomic mass is 16.5. The molecular formula is C21H22N8O3. The SMILES string of the molecule is CNc1cc2nn3c(cnc13)C(=O)N[C@@H]1CCC[C@H]1OCc1cc(c3nnn(C)c3c1)O2. The summed E-state index contributed by atoms with van der Waals surface area (Å²) in [5.74, 6) is 0.584. The lowest BCUT2D eigenvalue weighted by Gasteiger charge is -2.22. The van der Waals surface area contributed by atoms with E-state index in [-0.39, 0.29) is 18.1 Å². The van der Waals surface area contributed by atoms with Crippen molar-refractivity contribution in [2.75, 3.05) is 12.4 Å². The van der Waals surface area contributed by atoms with Crippen LogP contribution in [0.25, 0.3) is 16.7 Å². The smallest absolute Gasteiger partial charge is 0.271 e. The van der Waals surface area contributed by atoms with Crippen molar-refractivity contribution in [1.29, 1.82) is 0 Å². The van der Waals surface area contributed by atoms with Crippen molar-refractivity contribution in [3.63, 3.8) is 0 Å². The van der Waals surface area contributed by atoms with Gasteiger partial charge in [0.1, 0.15) is 0 Å². The summed E-state index contributed by atoms with van der Waals surface area (Å²) in [6.45, 7) is 0.390. The first-order chi connectivity index (χ1) is 15.6. The first-order valence-electron chi connectivity index (χ1n) is 10.6.